The van der Waals surface area contributed by atoms with Gasteiger partial charge in [0.05, 0.1) is 45.2 Å². The van der Waals surface area contributed by atoms with E-state index in [1.807, 2.05) is 21.1 Å². The molecule has 0 aromatic heterocycles. The summed E-state index contributed by atoms with van der Waals surface area (Å²) in [5, 5.41) is 9.09. The average molecular weight is 292 g/mol. The molecule has 0 aliphatic heterocycles. The Morgan fingerprint density at radius 1 is 0.700 bits per heavy atom. The van der Waals surface area contributed by atoms with Gasteiger partial charge in [0.1, 0.15) is 0 Å². The van der Waals surface area contributed by atoms with Crippen LogP contribution >= 0.6 is 0 Å². The van der Waals surface area contributed by atoms with E-state index >= 15 is 0 Å². The zero-order valence-corrected chi connectivity index (χ0v) is 13.2. The fourth-order valence-electron chi connectivity index (χ4n) is 1.47. The SMILES string of the molecule is CNCCOCC(N)(COCCNC)COCCNC. The van der Waals surface area contributed by atoms with Crippen molar-refractivity contribution in [2.24, 2.45) is 5.73 Å². The summed E-state index contributed by atoms with van der Waals surface area (Å²) in [4.78, 5) is 0. The highest BCUT2D eigenvalue weighted by Gasteiger charge is 2.26. The summed E-state index contributed by atoms with van der Waals surface area (Å²) in [5.74, 6) is 0. The Bertz CT molecular complexity index is 177. The minimum Gasteiger partial charge on any atom is -0.378 e. The third kappa shape index (κ3) is 11.5. The number of likely N-dealkylation sites (N-methyl/N-ethyl adjacent to an activating group) is 3. The molecule has 5 N–H and O–H groups in total. The fraction of sp³-hybridized carbons (Fsp3) is 1.00. The molecular weight excluding hydrogens is 260 g/mol. The summed E-state index contributed by atoms with van der Waals surface area (Å²) in [5.41, 5.74) is 5.71. The monoisotopic (exact) mass is 292 g/mol. The standard InChI is InChI=1S/C13H32N4O3/c1-15-4-7-18-10-13(14,11-19-8-5-16-2)12-20-9-6-17-3/h15-17H,4-12,14H2,1-3H3. The van der Waals surface area contributed by atoms with Gasteiger partial charge in [-0.3, -0.25) is 0 Å². The van der Waals surface area contributed by atoms with Crippen LogP contribution in [-0.2, 0) is 14.2 Å². The summed E-state index contributed by atoms with van der Waals surface area (Å²) in [7, 11) is 5.67. The van der Waals surface area contributed by atoms with Crippen LogP contribution in [0.4, 0.5) is 0 Å². The van der Waals surface area contributed by atoms with Gasteiger partial charge in [-0.25, -0.2) is 0 Å². The number of nitrogens with two attached hydrogens (primary N) is 1. The first-order valence-electron chi connectivity index (χ1n) is 7.14. The molecule has 0 rings (SSSR count). The molecule has 7 heteroatoms. The molecule has 0 heterocycles. The largest absolute Gasteiger partial charge is 0.378 e. The van der Waals surface area contributed by atoms with Crippen LogP contribution < -0.4 is 21.7 Å². The maximum Gasteiger partial charge on any atom is 0.0865 e. The van der Waals surface area contributed by atoms with Gasteiger partial charge >= 0.3 is 0 Å². The van der Waals surface area contributed by atoms with Crippen LogP contribution in [-0.4, -0.2) is 86.0 Å². The van der Waals surface area contributed by atoms with Crippen molar-refractivity contribution in [1.82, 2.24) is 16.0 Å². The third-order valence-electron chi connectivity index (χ3n) is 2.66. The molecule has 0 radical (unpaired) electrons. The predicted molar refractivity (Wildman–Crippen MR) is 81.2 cm³/mol. The number of nitrogens with one attached hydrogen (secondary N) is 3. The number of hydrogen-bond donors (Lipinski definition) is 4. The van der Waals surface area contributed by atoms with E-state index in [-0.39, 0.29) is 0 Å². The fourth-order valence-corrected chi connectivity index (χ4v) is 1.47. The van der Waals surface area contributed by atoms with Gasteiger partial charge in [-0.2, -0.15) is 0 Å². The molecule has 0 spiro atoms. The van der Waals surface area contributed by atoms with Gasteiger partial charge in [-0.15, -0.1) is 0 Å². The highest BCUT2D eigenvalue weighted by atomic mass is 16.5. The lowest BCUT2D eigenvalue weighted by Gasteiger charge is -2.29. The average Bonchev–Trinajstić information content (AvgIpc) is 2.45. The highest BCUT2D eigenvalue weighted by molar-refractivity contribution is 4.84. The number of hydrogen-bond acceptors (Lipinski definition) is 7. The van der Waals surface area contributed by atoms with Gasteiger partial charge in [0.25, 0.3) is 0 Å². The van der Waals surface area contributed by atoms with E-state index < -0.39 is 5.54 Å². The first kappa shape index (κ1) is 19.7. The van der Waals surface area contributed by atoms with Crippen molar-refractivity contribution in [1.29, 1.82) is 0 Å². The minimum atomic E-state index is -0.602. The molecule has 0 aliphatic carbocycles. The molecule has 7 nitrogen and oxygen atoms in total. The van der Waals surface area contributed by atoms with E-state index in [0.29, 0.717) is 39.6 Å². The zero-order chi connectivity index (χ0) is 15.1. The van der Waals surface area contributed by atoms with Crippen LogP contribution in [0.3, 0.4) is 0 Å². The maximum atomic E-state index is 6.31. The minimum absolute atomic E-state index is 0.424. The van der Waals surface area contributed by atoms with Gasteiger partial charge in [0, 0.05) is 19.6 Å². The van der Waals surface area contributed by atoms with Crippen molar-refractivity contribution < 1.29 is 14.2 Å². The van der Waals surface area contributed by atoms with E-state index in [4.69, 9.17) is 19.9 Å². The van der Waals surface area contributed by atoms with Crippen molar-refractivity contribution >= 4 is 0 Å². The molecule has 20 heavy (non-hydrogen) atoms. The lowest BCUT2D eigenvalue weighted by Crippen LogP contribution is -2.53. The van der Waals surface area contributed by atoms with Crippen LogP contribution in [0, 0.1) is 0 Å². The summed E-state index contributed by atoms with van der Waals surface area (Å²) in [6, 6.07) is 0. The molecule has 122 valence electrons. The van der Waals surface area contributed by atoms with Gasteiger partial charge in [-0.05, 0) is 21.1 Å². The molecule has 0 atom stereocenters. The second-order valence-electron chi connectivity index (χ2n) is 4.83. The van der Waals surface area contributed by atoms with Gasteiger partial charge < -0.3 is 35.9 Å². The first-order valence-corrected chi connectivity index (χ1v) is 7.14. The number of ether oxygens (including phenoxy) is 3. The molecule has 0 saturated carbocycles. The third-order valence-corrected chi connectivity index (χ3v) is 2.66. The lowest BCUT2D eigenvalue weighted by molar-refractivity contribution is -0.0205. The van der Waals surface area contributed by atoms with Gasteiger partial charge in [0.2, 0.25) is 0 Å². The number of rotatable bonds is 15. The zero-order valence-electron chi connectivity index (χ0n) is 13.2. The Hall–Kier alpha value is -0.280. The van der Waals surface area contributed by atoms with E-state index in [9.17, 15) is 0 Å². The molecule has 0 bridgehead atoms. The molecule has 0 aromatic rings. The Kier molecular flexibility index (Phi) is 13.5. The van der Waals surface area contributed by atoms with E-state index in [0.717, 1.165) is 19.6 Å². The van der Waals surface area contributed by atoms with Crippen molar-refractivity contribution in [2.75, 3.05) is 80.4 Å². The van der Waals surface area contributed by atoms with E-state index in [1.54, 1.807) is 0 Å². The summed E-state index contributed by atoms with van der Waals surface area (Å²) in [6.07, 6.45) is 0. The predicted octanol–water partition coefficient (Wildman–Crippen LogP) is -1.61. The van der Waals surface area contributed by atoms with E-state index in [1.165, 1.54) is 0 Å². The van der Waals surface area contributed by atoms with Gasteiger partial charge in [-0.1, -0.05) is 0 Å². The van der Waals surface area contributed by atoms with Crippen LogP contribution in [0.1, 0.15) is 0 Å². The Morgan fingerprint density at radius 2 is 1.00 bits per heavy atom. The smallest absolute Gasteiger partial charge is 0.0865 e. The van der Waals surface area contributed by atoms with Gasteiger partial charge in [0.15, 0.2) is 0 Å². The lowest BCUT2D eigenvalue weighted by atomic mass is 10.1. The van der Waals surface area contributed by atoms with E-state index in [2.05, 4.69) is 16.0 Å². The second kappa shape index (κ2) is 13.7. The Morgan fingerprint density at radius 3 is 1.25 bits per heavy atom. The molecule has 0 saturated heterocycles. The molecule has 0 fully saturated rings. The van der Waals surface area contributed by atoms with Crippen molar-refractivity contribution in [3.63, 3.8) is 0 Å². The maximum absolute atomic E-state index is 6.31. The second-order valence-corrected chi connectivity index (χ2v) is 4.83. The molecular formula is C13H32N4O3. The van der Waals surface area contributed by atoms with Crippen LogP contribution in [0.2, 0.25) is 0 Å². The molecule has 0 aliphatic rings. The first-order chi connectivity index (χ1) is 9.68. The Labute approximate surface area is 122 Å². The molecule has 0 amide bonds. The van der Waals surface area contributed by atoms with Crippen LogP contribution in [0.5, 0.6) is 0 Å². The van der Waals surface area contributed by atoms with Crippen molar-refractivity contribution in [3.05, 3.63) is 0 Å². The molecule has 0 unspecified atom stereocenters. The van der Waals surface area contributed by atoms with Crippen LogP contribution in [0.25, 0.3) is 0 Å². The highest BCUT2D eigenvalue weighted by Crippen LogP contribution is 2.04. The summed E-state index contributed by atoms with van der Waals surface area (Å²) < 4.78 is 16.7. The Balaban J connectivity index is 3.98. The molecule has 0 aromatic carbocycles. The quantitative estimate of drug-likeness (QED) is 0.270. The normalized spacial score (nSPS) is 12.0. The van der Waals surface area contributed by atoms with Crippen molar-refractivity contribution in [2.45, 2.75) is 5.54 Å². The summed E-state index contributed by atoms with van der Waals surface area (Å²) >= 11 is 0. The van der Waals surface area contributed by atoms with Crippen molar-refractivity contribution in [3.8, 4) is 0 Å². The van der Waals surface area contributed by atoms with Crippen LogP contribution in [0.15, 0.2) is 0 Å². The summed E-state index contributed by atoms with van der Waals surface area (Å²) in [6.45, 7) is 5.56. The topological polar surface area (TPSA) is 89.8 Å².